The zero-order chi connectivity index (χ0) is 6.41. The number of rotatable bonds is 3. The van der Waals surface area contributed by atoms with Crippen LogP contribution >= 0.6 is 0 Å². The van der Waals surface area contributed by atoms with E-state index in [0.717, 1.165) is 22.7 Å². The fraction of sp³-hybridized carbons (Fsp3) is 0.750. The van der Waals surface area contributed by atoms with Gasteiger partial charge in [-0.05, 0) is 6.42 Å². The van der Waals surface area contributed by atoms with E-state index in [1.54, 1.807) is 0 Å². The van der Waals surface area contributed by atoms with Gasteiger partial charge in [-0.2, -0.15) is 0 Å². The summed E-state index contributed by atoms with van der Waals surface area (Å²) >= 11 is 0. The molecule has 0 heterocycles. The second-order valence-corrected chi connectivity index (χ2v) is 2.47. The third kappa shape index (κ3) is 5.49. The lowest BCUT2D eigenvalue weighted by Gasteiger charge is -1.94. The maximum absolute atomic E-state index is 9.66. The Balaban J connectivity index is 2.82. The number of carboxylic acid groups (broad SMARTS) is 1. The quantitative estimate of drug-likeness (QED) is 0.332. The van der Waals surface area contributed by atoms with Crippen LogP contribution in [0.5, 0.6) is 0 Å². The largest absolute Gasteiger partial charge is 0.505 e. The highest BCUT2D eigenvalue weighted by Crippen LogP contribution is 1.85. The van der Waals surface area contributed by atoms with Gasteiger partial charge >= 0.3 is 6.16 Å². The molecule has 0 saturated heterocycles. The van der Waals surface area contributed by atoms with E-state index in [1.807, 2.05) is 0 Å². The molecule has 0 atom stereocenters. The first kappa shape index (κ1) is 7.49. The topological polar surface area (TPSA) is 46.5 Å². The van der Waals surface area contributed by atoms with Crippen LogP contribution in [0.3, 0.4) is 0 Å². The number of ether oxygens (including phenoxy) is 1. The van der Waals surface area contributed by atoms with E-state index in [-0.39, 0.29) is 0 Å². The summed E-state index contributed by atoms with van der Waals surface area (Å²) in [4.78, 5) is 9.66. The molecule has 8 heavy (non-hydrogen) atoms. The molecule has 0 saturated carbocycles. The van der Waals surface area contributed by atoms with Crippen molar-refractivity contribution in [1.82, 2.24) is 0 Å². The van der Waals surface area contributed by atoms with Crippen LogP contribution in [-0.2, 0) is 4.74 Å². The lowest BCUT2D eigenvalue weighted by molar-refractivity contribution is 0.0918. The monoisotopic (exact) mass is 134 g/mol. The molecule has 0 aliphatic carbocycles. The van der Waals surface area contributed by atoms with Crippen LogP contribution in [0.15, 0.2) is 0 Å². The van der Waals surface area contributed by atoms with Crippen molar-refractivity contribution in [3.05, 3.63) is 0 Å². The second-order valence-electron chi connectivity index (χ2n) is 1.47. The lowest BCUT2D eigenvalue weighted by Crippen LogP contribution is -2.00. The first-order valence-corrected chi connectivity index (χ1v) is 4.04. The van der Waals surface area contributed by atoms with Crippen LogP contribution in [-0.4, -0.2) is 28.1 Å². The van der Waals surface area contributed by atoms with Crippen molar-refractivity contribution in [3.63, 3.8) is 0 Å². The molecule has 0 bridgehead atoms. The van der Waals surface area contributed by atoms with Crippen molar-refractivity contribution < 1.29 is 14.6 Å². The van der Waals surface area contributed by atoms with Crippen LogP contribution in [0.2, 0.25) is 6.04 Å². The highest BCUT2D eigenvalue weighted by molar-refractivity contribution is 6.08. The van der Waals surface area contributed by atoms with Gasteiger partial charge in [-0.15, -0.1) is 0 Å². The van der Waals surface area contributed by atoms with Crippen molar-refractivity contribution in [1.29, 1.82) is 0 Å². The summed E-state index contributed by atoms with van der Waals surface area (Å²) in [5.74, 6) is 0. The zero-order valence-electron chi connectivity index (χ0n) is 4.89. The molecule has 0 amide bonds. The summed E-state index contributed by atoms with van der Waals surface area (Å²) in [7, 11) is 1.13. The summed E-state index contributed by atoms with van der Waals surface area (Å²) in [5.41, 5.74) is 0. The Morgan fingerprint density at radius 1 is 1.75 bits per heavy atom. The normalized spacial score (nSPS) is 9.00. The molecule has 4 heteroatoms. The van der Waals surface area contributed by atoms with Crippen LogP contribution in [0.25, 0.3) is 0 Å². The molecule has 0 spiro atoms. The SMILES string of the molecule is O=C(O)OCCC[SiH3]. The van der Waals surface area contributed by atoms with Crippen LogP contribution in [0.1, 0.15) is 6.42 Å². The van der Waals surface area contributed by atoms with Crippen molar-refractivity contribution >= 4 is 16.4 Å². The first-order valence-electron chi connectivity index (χ1n) is 2.63. The van der Waals surface area contributed by atoms with Gasteiger partial charge in [-0.1, -0.05) is 6.04 Å². The minimum atomic E-state index is -1.17. The molecular weight excluding hydrogens is 124 g/mol. The maximum atomic E-state index is 9.66. The Hall–Kier alpha value is -0.513. The molecule has 3 nitrogen and oxygen atoms in total. The predicted molar refractivity (Wildman–Crippen MR) is 33.3 cm³/mol. The Kier molecular flexibility index (Phi) is 4.34. The van der Waals surface area contributed by atoms with Crippen LogP contribution in [0, 0.1) is 0 Å². The molecule has 0 unspecified atom stereocenters. The third-order valence-electron chi connectivity index (χ3n) is 0.723. The van der Waals surface area contributed by atoms with Crippen molar-refractivity contribution in [2.45, 2.75) is 12.5 Å². The van der Waals surface area contributed by atoms with Crippen molar-refractivity contribution in [2.75, 3.05) is 6.61 Å². The van der Waals surface area contributed by atoms with Crippen LogP contribution < -0.4 is 0 Å². The van der Waals surface area contributed by atoms with Gasteiger partial charge in [0, 0.05) is 10.2 Å². The van der Waals surface area contributed by atoms with E-state index in [9.17, 15) is 4.79 Å². The molecule has 0 rings (SSSR count). The van der Waals surface area contributed by atoms with E-state index in [2.05, 4.69) is 4.74 Å². The molecule has 1 N–H and O–H groups in total. The van der Waals surface area contributed by atoms with E-state index in [4.69, 9.17) is 5.11 Å². The zero-order valence-corrected chi connectivity index (χ0v) is 6.89. The Morgan fingerprint density at radius 3 is 2.75 bits per heavy atom. The second kappa shape index (κ2) is 4.64. The summed E-state index contributed by atoms with van der Waals surface area (Å²) in [6, 6.07) is 1.10. The highest BCUT2D eigenvalue weighted by atomic mass is 28.1. The molecule has 0 aliphatic heterocycles. The Labute approximate surface area is 51.1 Å². The van der Waals surface area contributed by atoms with E-state index in [0.29, 0.717) is 6.61 Å². The Bertz CT molecular complexity index is 73.7. The standard InChI is InChI=1S/C4H10O3Si/c5-4(6)7-2-1-3-8/h1-3H2,8H3,(H,5,6). The van der Waals surface area contributed by atoms with Gasteiger partial charge in [0.05, 0.1) is 6.61 Å². The van der Waals surface area contributed by atoms with Gasteiger partial charge in [0.1, 0.15) is 0 Å². The summed E-state index contributed by atoms with van der Waals surface area (Å²) in [6.45, 7) is 0.360. The van der Waals surface area contributed by atoms with E-state index in [1.165, 1.54) is 0 Å². The first-order chi connectivity index (χ1) is 3.77. The Morgan fingerprint density at radius 2 is 2.38 bits per heavy atom. The molecule has 48 valence electrons. The van der Waals surface area contributed by atoms with Crippen LogP contribution in [0.4, 0.5) is 4.79 Å². The van der Waals surface area contributed by atoms with Gasteiger partial charge in [0.2, 0.25) is 0 Å². The smallest absolute Gasteiger partial charge is 0.450 e. The van der Waals surface area contributed by atoms with Gasteiger partial charge < -0.3 is 9.84 Å². The van der Waals surface area contributed by atoms with Crippen molar-refractivity contribution in [3.8, 4) is 0 Å². The fourth-order valence-electron chi connectivity index (χ4n) is 0.304. The summed E-state index contributed by atoms with van der Waals surface area (Å²) < 4.78 is 4.22. The predicted octanol–water partition coefficient (Wildman–Crippen LogP) is -0.145. The summed E-state index contributed by atoms with van der Waals surface area (Å²) in [6.07, 6.45) is -0.293. The molecule has 0 aromatic heterocycles. The van der Waals surface area contributed by atoms with Gasteiger partial charge in [0.25, 0.3) is 0 Å². The number of hydrogen-bond acceptors (Lipinski definition) is 2. The van der Waals surface area contributed by atoms with E-state index < -0.39 is 6.16 Å². The van der Waals surface area contributed by atoms with E-state index >= 15 is 0 Å². The third-order valence-corrected chi connectivity index (χ3v) is 1.43. The summed E-state index contributed by atoms with van der Waals surface area (Å²) in [5, 5.41) is 7.93. The van der Waals surface area contributed by atoms with Gasteiger partial charge in [-0.25, -0.2) is 4.79 Å². The molecular formula is C4H10O3Si. The number of carbonyl (C=O) groups is 1. The fourth-order valence-corrected chi connectivity index (χ4v) is 0.592. The lowest BCUT2D eigenvalue weighted by atomic mass is 10.5. The average molecular weight is 134 g/mol. The van der Waals surface area contributed by atoms with Gasteiger partial charge in [-0.3, -0.25) is 0 Å². The molecule has 0 fully saturated rings. The molecule has 0 aromatic carbocycles. The maximum Gasteiger partial charge on any atom is 0.505 e. The minimum Gasteiger partial charge on any atom is -0.450 e. The highest BCUT2D eigenvalue weighted by Gasteiger charge is 1.91. The number of hydrogen-bond donors (Lipinski definition) is 1. The molecule has 0 radical (unpaired) electrons. The molecule has 0 aromatic rings. The minimum absolute atomic E-state index is 0.360. The average Bonchev–Trinajstić information content (AvgIpc) is 1.66. The molecule has 0 aliphatic rings. The van der Waals surface area contributed by atoms with Gasteiger partial charge in [0.15, 0.2) is 0 Å². The van der Waals surface area contributed by atoms with Crippen molar-refractivity contribution in [2.24, 2.45) is 0 Å².